The minimum absolute atomic E-state index is 0.125. The number of thiazole rings is 1. The second-order valence-corrected chi connectivity index (χ2v) is 7.13. The van der Waals surface area contributed by atoms with Crippen LogP contribution in [0, 0.1) is 0 Å². The van der Waals surface area contributed by atoms with Gasteiger partial charge < -0.3 is 5.32 Å². The van der Waals surface area contributed by atoms with E-state index in [1.165, 1.54) is 23.6 Å². The molecule has 0 aromatic carbocycles. The van der Waals surface area contributed by atoms with Crippen LogP contribution in [0.3, 0.4) is 0 Å². The van der Waals surface area contributed by atoms with Gasteiger partial charge in [-0.2, -0.15) is 0 Å². The normalized spacial score (nSPS) is 15.1. The van der Waals surface area contributed by atoms with Crippen molar-refractivity contribution in [2.24, 2.45) is 0 Å². The Labute approximate surface area is 121 Å². The summed E-state index contributed by atoms with van der Waals surface area (Å²) in [5.41, 5.74) is 0.983. The van der Waals surface area contributed by atoms with Gasteiger partial charge in [0, 0.05) is 24.5 Å². The van der Waals surface area contributed by atoms with Gasteiger partial charge in [-0.05, 0) is 25.0 Å². The molecule has 20 heavy (non-hydrogen) atoms. The van der Waals surface area contributed by atoms with E-state index in [1.807, 2.05) is 5.38 Å². The molecule has 0 radical (unpaired) electrons. The highest BCUT2D eigenvalue weighted by Crippen LogP contribution is 2.41. The van der Waals surface area contributed by atoms with Gasteiger partial charge in [-0.25, -0.2) is 18.4 Å². The first-order valence-corrected chi connectivity index (χ1v) is 8.57. The smallest absolute Gasteiger partial charge is 0.265 e. The molecule has 0 aliphatic heterocycles. The van der Waals surface area contributed by atoms with Gasteiger partial charge in [0.2, 0.25) is 0 Å². The van der Waals surface area contributed by atoms with Crippen LogP contribution < -0.4 is 10.0 Å². The van der Waals surface area contributed by atoms with Crippen molar-refractivity contribution in [2.75, 3.05) is 17.1 Å². The number of rotatable bonds is 5. The van der Waals surface area contributed by atoms with Gasteiger partial charge in [-0.3, -0.25) is 4.72 Å². The predicted molar refractivity (Wildman–Crippen MR) is 78.7 cm³/mol. The number of anilines is 2. The first-order chi connectivity index (χ1) is 9.58. The molecular formula is C12H14N4O2S2. The molecule has 6 nitrogen and oxygen atoms in total. The molecule has 106 valence electrons. The van der Waals surface area contributed by atoms with Crippen LogP contribution in [0.15, 0.2) is 28.6 Å². The van der Waals surface area contributed by atoms with Crippen molar-refractivity contribution in [1.29, 1.82) is 0 Å². The highest BCUT2D eigenvalue weighted by atomic mass is 32.2. The van der Waals surface area contributed by atoms with Gasteiger partial charge in [0.25, 0.3) is 10.0 Å². The third-order valence-corrected chi connectivity index (χ3v) is 5.27. The van der Waals surface area contributed by atoms with Crippen molar-refractivity contribution in [2.45, 2.75) is 23.7 Å². The molecular weight excluding hydrogens is 296 g/mol. The van der Waals surface area contributed by atoms with Crippen LogP contribution in [0.5, 0.6) is 0 Å². The maximum absolute atomic E-state index is 12.2. The fourth-order valence-corrected chi connectivity index (χ4v) is 3.75. The van der Waals surface area contributed by atoms with Crippen LogP contribution in [0.25, 0.3) is 0 Å². The zero-order valence-electron chi connectivity index (χ0n) is 10.8. The van der Waals surface area contributed by atoms with Crippen molar-refractivity contribution in [3.05, 3.63) is 29.4 Å². The molecule has 0 unspecified atom stereocenters. The quantitative estimate of drug-likeness (QED) is 0.885. The highest BCUT2D eigenvalue weighted by Gasteiger charge is 2.26. The van der Waals surface area contributed by atoms with Crippen LogP contribution in [-0.4, -0.2) is 25.4 Å². The summed E-state index contributed by atoms with van der Waals surface area (Å²) in [6, 6.07) is 3.13. The molecule has 1 saturated carbocycles. The molecule has 2 aromatic heterocycles. The second kappa shape index (κ2) is 5.02. The molecule has 2 heterocycles. The van der Waals surface area contributed by atoms with Crippen molar-refractivity contribution < 1.29 is 8.42 Å². The van der Waals surface area contributed by atoms with E-state index in [0.29, 0.717) is 16.9 Å². The summed E-state index contributed by atoms with van der Waals surface area (Å²) in [7, 11) is -1.90. The molecule has 2 aromatic rings. The van der Waals surface area contributed by atoms with Crippen molar-refractivity contribution >= 4 is 32.3 Å². The molecule has 0 saturated heterocycles. The van der Waals surface area contributed by atoms with Crippen LogP contribution >= 0.6 is 11.3 Å². The van der Waals surface area contributed by atoms with Crippen molar-refractivity contribution in [1.82, 2.24) is 9.97 Å². The van der Waals surface area contributed by atoms with E-state index in [1.54, 1.807) is 13.1 Å². The maximum atomic E-state index is 12.2. The van der Waals surface area contributed by atoms with E-state index in [0.717, 1.165) is 18.5 Å². The average molecular weight is 310 g/mol. The van der Waals surface area contributed by atoms with E-state index >= 15 is 0 Å². The van der Waals surface area contributed by atoms with E-state index in [2.05, 4.69) is 20.0 Å². The predicted octanol–water partition coefficient (Wildman–Crippen LogP) is 2.26. The topological polar surface area (TPSA) is 84.0 Å². The van der Waals surface area contributed by atoms with Crippen LogP contribution in [0.1, 0.15) is 24.5 Å². The Hall–Kier alpha value is -1.67. The molecule has 2 N–H and O–H groups in total. The lowest BCUT2D eigenvalue weighted by Crippen LogP contribution is -2.13. The average Bonchev–Trinajstić information content (AvgIpc) is 3.20. The Bertz CT molecular complexity index is 705. The molecule has 3 rings (SSSR count). The Morgan fingerprint density at radius 1 is 1.35 bits per heavy atom. The Kier molecular flexibility index (Phi) is 3.35. The molecule has 0 amide bonds. The Morgan fingerprint density at radius 3 is 2.75 bits per heavy atom. The number of aromatic nitrogens is 2. The van der Waals surface area contributed by atoms with E-state index in [9.17, 15) is 8.42 Å². The van der Waals surface area contributed by atoms with Crippen LogP contribution in [0.2, 0.25) is 0 Å². The van der Waals surface area contributed by atoms with Crippen molar-refractivity contribution in [3.8, 4) is 0 Å². The summed E-state index contributed by atoms with van der Waals surface area (Å²) in [6.45, 7) is 0. The minimum atomic E-state index is -3.62. The first kappa shape index (κ1) is 13.3. The van der Waals surface area contributed by atoms with Gasteiger partial charge in [0.15, 0.2) is 5.13 Å². The number of nitrogens with one attached hydrogen (secondary N) is 2. The maximum Gasteiger partial charge on any atom is 0.265 e. The third kappa shape index (κ3) is 2.75. The molecule has 1 aliphatic carbocycles. The number of nitrogens with zero attached hydrogens (tertiary/aromatic N) is 2. The summed E-state index contributed by atoms with van der Waals surface area (Å²) in [5.74, 6) is 1.13. The van der Waals surface area contributed by atoms with E-state index < -0.39 is 10.0 Å². The van der Waals surface area contributed by atoms with E-state index in [4.69, 9.17) is 0 Å². The lowest BCUT2D eigenvalue weighted by atomic mass is 10.3. The standard InChI is InChI=1S/C12H14N4O2S2/c1-13-11-5-4-9(6-14-11)20(17,18)16-12-15-10(7-19-12)8-2-3-8/h4-8H,2-3H2,1H3,(H,13,14)(H,15,16). The lowest BCUT2D eigenvalue weighted by molar-refractivity contribution is 0.601. The third-order valence-electron chi connectivity index (χ3n) is 3.04. The molecule has 0 atom stereocenters. The summed E-state index contributed by atoms with van der Waals surface area (Å²) in [6.07, 6.45) is 3.61. The number of hydrogen-bond donors (Lipinski definition) is 2. The zero-order chi connectivity index (χ0) is 14.2. The zero-order valence-corrected chi connectivity index (χ0v) is 12.5. The van der Waals surface area contributed by atoms with Gasteiger partial charge in [-0.1, -0.05) is 0 Å². The largest absolute Gasteiger partial charge is 0.373 e. The molecule has 0 spiro atoms. The molecule has 8 heteroatoms. The van der Waals surface area contributed by atoms with Gasteiger partial charge in [0.05, 0.1) is 5.69 Å². The van der Waals surface area contributed by atoms with Crippen LogP contribution in [0.4, 0.5) is 10.9 Å². The van der Waals surface area contributed by atoms with E-state index in [-0.39, 0.29) is 4.90 Å². The van der Waals surface area contributed by atoms with Gasteiger partial charge in [-0.15, -0.1) is 11.3 Å². The SMILES string of the molecule is CNc1ccc(S(=O)(=O)Nc2nc(C3CC3)cs2)cn1. The fourth-order valence-electron chi connectivity index (χ4n) is 1.76. The monoisotopic (exact) mass is 310 g/mol. The Morgan fingerprint density at radius 2 is 2.15 bits per heavy atom. The van der Waals surface area contributed by atoms with Crippen molar-refractivity contribution in [3.63, 3.8) is 0 Å². The second-order valence-electron chi connectivity index (χ2n) is 4.59. The summed E-state index contributed by atoms with van der Waals surface area (Å²) in [5, 5.41) is 5.16. The first-order valence-electron chi connectivity index (χ1n) is 6.20. The fraction of sp³-hybridized carbons (Fsp3) is 0.333. The summed E-state index contributed by atoms with van der Waals surface area (Å²) in [4.78, 5) is 8.44. The molecule has 1 fully saturated rings. The number of pyridine rings is 1. The van der Waals surface area contributed by atoms with Gasteiger partial charge >= 0.3 is 0 Å². The minimum Gasteiger partial charge on any atom is -0.373 e. The number of sulfonamides is 1. The number of hydrogen-bond acceptors (Lipinski definition) is 6. The Balaban J connectivity index is 1.79. The highest BCUT2D eigenvalue weighted by molar-refractivity contribution is 7.93. The lowest BCUT2D eigenvalue weighted by Gasteiger charge is -2.05. The molecule has 1 aliphatic rings. The van der Waals surface area contributed by atoms with Crippen LogP contribution in [-0.2, 0) is 10.0 Å². The summed E-state index contributed by atoms with van der Waals surface area (Å²) >= 11 is 1.31. The summed E-state index contributed by atoms with van der Waals surface area (Å²) < 4.78 is 26.9. The van der Waals surface area contributed by atoms with Gasteiger partial charge in [0.1, 0.15) is 10.7 Å². The molecule has 0 bridgehead atoms.